The zero-order chi connectivity index (χ0) is 63.7. The molecule has 0 unspecified atom stereocenters. The molecule has 11 aromatic rings. The van der Waals surface area contributed by atoms with Crippen LogP contribution >= 0.6 is 0 Å². The normalized spacial score (nSPS) is 14.2. The molecule has 414 valence electrons. The van der Waals surface area contributed by atoms with Crippen molar-refractivity contribution in [3.8, 4) is 62.1 Å². The fourth-order valence-electron chi connectivity index (χ4n) is 10.6. The van der Waals surface area contributed by atoms with Gasteiger partial charge in [-0.3, -0.25) is 4.57 Å². The van der Waals surface area contributed by atoms with Gasteiger partial charge in [0, 0.05) is 54.0 Å². The monoisotopic (exact) mass is 1250 g/mol. The minimum Gasteiger partial charge on any atom is -0.510 e. The quantitative estimate of drug-likeness (QED) is 0.112. The van der Waals surface area contributed by atoms with Gasteiger partial charge in [0.1, 0.15) is 5.82 Å². The Kier molecular flexibility index (Phi) is 12.2. The third kappa shape index (κ3) is 11.1. The Morgan fingerprint density at radius 1 is 0.519 bits per heavy atom. The van der Waals surface area contributed by atoms with Crippen LogP contribution in [0.4, 0.5) is 0 Å². The second-order valence-electron chi connectivity index (χ2n) is 26.6. The number of ether oxygens (including phenoxy) is 1. The van der Waals surface area contributed by atoms with E-state index in [2.05, 4.69) is 204 Å². The molecule has 0 radical (unpaired) electrons. The molecular weight excluding hydrogens is 1170 g/mol. The molecule has 0 bridgehead atoms. The number of fused-ring (bicyclic) bond motifs is 4. The fraction of sp³-hybridized carbons (Fsp3) is 0.280. The van der Waals surface area contributed by atoms with Crippen LogP contribution in [0.3, 0.4) is 0 Å². The molecule has 5 nitrogen and oxygen atoms in total. The van der Waals surface area contributed by atoms with E-state index >= 15 is 0 Å². The van der Waals surface area contributed by atoms with Crippen LogP contribution < -0.4 is 9.30 Å². The molecule has 11 rings (SSSR count). The maximum Gasteiger partial charge on any atom is 0.268 e. The number of aromatic nitrogens is 4. The van der Waals surface area contributed by atoms with Gasteiger partial charge in [-0.1, -0.05) is 225 Å². The number of hydrogen-bond acceptors (Lipinski definition) is 2. The summed E-state index contributed by atoms with van der Waals surface area (Å²) in [6.45, 7) is 31.3. The van der Waals surface area contributed by atoms with E-state index in [9.17, 15) is 0 Å². The number of nitrogens with zero attached hydrogens (tertiary/aromatic N) is 4. The van der Waals surface area contributed by atoms with Gasteiger partial charge in [0.05, 0.1) is 23.6 Å². The van der Waals surface area contributed by atoms with Crippen molar-refractivity contribution in [3.63, 3.8) is 0 Å². The molecule has 0 aliphatic heterocycles. The molecule has 0 amide bonds. The molecule has 0 fully saturated rings. The first kappa shape index (κ1) is 47.3. The van der Waals surface area contributed by atoms with E-state index in [0.717, 1.165) is 49.7 Å². The first-order valence-electron chi connectivity index (χ1n) is 31.7. The van der Waals surface area contributed by atoms with E-state index in [1.807, 2.05) is 59.2 Å². The summed E-state index contributed by atoms with van der Waals surface area (Å²) in [6, 6.07) is 50.7. The number of aryl methyl sites for hydroxylation is 1. The third-order valence-corrected chi connectivity index (χ3v) is 15.4. The average Bonchev–Trinajstić information content (AvgIpc) is 1.91. The number of imidazole rings is 1. The summed E-state index contributed by atoms with van der Waals surface area (Å²) >= 11 is 0. The summed E-state index contributed by atoms with van der Waals surface area (Å²) in [6.07, 6.45) is 5.22. The number of para-hydroxylation sites is 1. The molecule has 0 N–H and O–H groups in total. The molecule has 0 saturated heterocycles. The second-order valence-corrected chi connectivity index (χ2v) is 26.6. The molecule has 0 aliphatic rings. The Bertz CT molecular complexity index is 4550. The van der Waals surface area contributed by atoms with Gasteiger partial charge in [0.25, 0.3) is 6.33 Å². The van der Waals surface area contributed by atoms with E-state index < -0.39 is 37.1 Å². The van der Waals surface area contributed by atoms with E-state index in [1.165, 1.54) is 40.1 Å². The van der Waals surface area contributed by atoms with E-state index in [4.69, 9.17) is 20.7 Å². The van der Waals surface area contributed by atoms with Crippen LogP contribution in [-0.4, -0.2) is 14.1 Å². The standard InChI is InChI=1S/C75H76N4O.Pt/c1-48-36-69(76-46-63(48)49-24-18-17-19-25-49)79-65-31-21-20-30-60(65)61-34-33-59(45-67(61)79)80-58-29-23-28-57(44-58)77-47-78(66-35-32-50(40-68(66)77)52-38-54(72(5,6)7)41-55(39-52)73(8,9)10)70-62(51-26-22-27-53(37-51)71(2,3)4)42-56(74(11,12)13)43-64(70)75(14,15)16;/h17-43,46H,1-16H3;/q-2;/i1D3,17D,18D,19D,24D,25D;. The van der Waals surface area contributed by atoms with Crippen LogP contribution in [0, 0.1) is 25.3 Å². The van der Waals surface area contributed by atoms with Gasteiger partial charge in [0.15, 0.2) is 0 Å². The van der Waals surface area contributed by atoms with Gasteiger partial charge >= 0.3 is 0 Å². The van der Waals surface area contributed by atoms with E-state index in [1.54, 1.807) is 0 Å². The van der Waals surface area contributed by atoms with Crippen molar-refractivity contribution in [1.82, 2.24) is 14.1 Å². The van der Waals surface area contributed by atoms with Gasteiger partial charge in [0.2, 0.25) is 0 Å². The van der Waals surface area contributed by atoms with Crippen LogP contribution in [0.5, 0.6) is 11.5 Å². The van der Waals surface area contributed by atoms with Crippen molar-refractivity contribution in [2.75, 3.05) is 0 Å². The van der Waals surface area contributed by atoms with Crippen LogP contribution in [0.25, 0.3) is 83.4 Å². The SMILES string of the molecule is [2H]c1c([2H])c([2H])c(-c2cnc(-n3c4[c-]c(Oc5[c-]c(-n6[c-][n+](-c7c(-c8cccc(C(C)(C)C)c8)cc(C(C)(C)C)cc7C(C)(C)C)c7ccc(-c8cc(C(C)(C)C)cc(C(C)(C)C)c8)cc76)ccc5)ccc4c4ccccc43)cc2C([2H])([2H])[2H])c([2H])c1[2H].[Pt]. The van der Waals surface area contributed by atoms with Crippen molar-refractivity contribution in [2.24, 2.45) is 0 Å². The van der Waals surface area contributed by atoms with Gasteiger partial charge in [-0.2, -0.15) is 18.2 Å². The minimum absolute atomic E-state index is 0. The zero-order valence-corrected chi connectivity index (χ0v) is 51.6. The predicted octanol–water partition coefficient (Wildman–Crippen LogP) is 19.4. The first-order chi connectivity index (χ1) is 41.0. The van der Waals surface area contributed by atoms with Gasteiger partial charge in [-0.15, -0.1) is 29.7 Å². The molecule has 0 spiro atoms. The predicted molar refractivity (Wildman–Crippen MR) is 335 cm³/mol. The summed E-state index contributed by atoms with van der Waals surface area (Å²) < 4.78 is 81.3. The maximum absolute atomic E-state index is 8.72. The molecule has 0 saturated carbocycles. The topological polar surface area (TPSA) is 35.9 Å². The number of pyridine rings is 1. The fourth-order valence-corrected chi connectivity index (χ4v) is 10.6. The summed E-state index contributed by atoms with van der Waals surface area (Å²) in [5.41, 5.74) is 14.2. The molecule has 3 heterocycles. The molecule has 81 heavy (non-hydrogen) atoms. The van der Waals surface area contributed by atoms with E-state index in [0.29, 0.717) is 28.2 Å². The smallest absolute Gasteiger partial charge is 0.268 e. The second kappa shape index (κ2) is 20.9. The van der Waals surface area contributed by atoms with Crippen LogP contribution in [0.2, 0.25) is 0 Å². The third-order valence-electron chi connectivity index (χ3n) is 15.4. The van der Waals surface area contributed by atoms with Crippen molar-refractivity contribution in [2.45, 2.75) is 138 Å². The van der Waals surface area contributed by atoms with Crippen molar-refractivity contribution in [3.05, 3.63) is 222 Å². The first-order valence-corrected chi connectivity index (χ1v) is 27.7. The summed E-state index contributed by atoms with van der Waals surface area (Å²) in [4.78, 5) is 4.77. The molecule has 0 aliphatic carbocycles. The molecular formula is C75H76N4OPt-2. The van der Waals surface area contributed by atoms with Gasteiger partial charge < -0.3 is 13.9 Å². The van der Waals surface area contributed by atoms with Gasteiger partial charge in [-0.05, 0) is 124 Å². The largest absolute Gasteiger partial charge is 0.510 e. The van der Waals surface area contributed by atoms with Crippen molar-refractivity contribution in [1.29, 1.82) is 0 Å². The van der Waals surface area contributed by atoms with Gasteiger partial charge in [-0.25, -0.2) is 4.98 Å². The van der Waals surface area contributed by atoms with Crippen LogP contribution in [0.15, 0.2) is 170 Å². The van der Waals surface area contributed by atoms with Crippen LogP contribution in [0.1, 0.15) is 148 Å². The van der Waals surface area contributed by atoms with Crippen molar-refractivity contribution >= 4 is 32.8 Å². The Balaban J connectivity index is 0.00000873. The number of hydrogen-bond donors (Lipinski definition) is 0. The average molecular weight is 1250 g/mol. The number of rotatable bonds is 8. The molecule has 3 aromatic heterocycles. The zero-order valence-electron chi connectivity index (χ0n) is 57.3. The number of benzene rings is 8. The maximum atomic E-state index is 8.72. The van der Waals surface area contributed by atoms with Crippen molar-refractivity contribution < 1.29 is 41.3 Å². The Labute approximate surface area is 507 Å². The molecule has 8 aromatic carbocycles. The van der Waals surface area contributed by atoms with E-state index in [-0.39, 0.29) is 70.6 Å². The Morgan fingerprint density at radius 3 is 1.85 bits per heavy atom. The Morgan fingerprint density at radius 2 is 1.17 bits per heavy atom. The summed E-state index contributed by atoms with van der Waals surface area (Å²) in [5.74, 6) is 1.00. The molecule has 6 heteroatoms. The minimum atomic E-state index is -2.77. The summed E-state index contributed by atoms with van der Waals surface area (Å²) in [7, 11) is 0. The van der Waals surface area contributed by atoms with Crippen LogP contribution in [-0.2, 0) is 48.1 Å². The summed E-state index contributed by atoms with van der Waals surface area (Å²) in [5, 5.41) is 1.66. The Hall–Kier alpha value is -7.33. The molecule has 0 atom stereocenters.